The lowest BCUT2D eigenvalue weighted by molar-refractivity contribution is -0.0612. The number of fused-ring (bicyclic) bond motifs is 1. The summed E-state index contributed by atoms with van der Waals surface area (Å²) < 4.78 is 34.4. The van der Waals surface area contributed by atoms with E-state index in [1.54, 1.807) is 16.4 Å². The molecule has 2 atom stereocenters. The van der Waals surface area contributed by atoms with E-state index in [4.69, 9.17) is 10.5 Å². The summed E-state index contributed by atoms with van der Waals surface area (Å²) >= 11 is 0. The van der Waals surface area contributed by atoms with E-state index in [9.17, 15) is 13.5 Å². The molecule has 0 bridgehead atoms. The van der Waals surface area contributed by atoms with Gasteiger partial charge in [0.1, 0.15) is 5.75 Å². The number of nitrogens with zero attached hydrogens (tertiary/aromatic N) is 1. The highest BCUT2D eigenvalue weighted by atomic mass is 35.5. The van der Waals surface area contributed by atoms with Gasteiger partial charge in [0, 0.05) is 31.6 Å². The first kappa shape index (κ1) is 27.0. The van der Waals surface area contributed by atoms with Crippen LogP contribution in [0.4, 0.5) is 0 Å². The number of aromatic hydroxyl groups is 1. The number of phenolic OH excluding ortho intramolecular Hbond substituents is 1. The molecule has 8 heteroatoms. The van der Waals surface area contributed by atoms with Crippen LogP contribution in [0.5, 0.6) is 5.75 Å². The summed E-state index contributed by atoms with van der Waals surface area (Å²) in [6.07, 6.45) is 1.76. The van der Waals surface area contributed by atoms with Gasteiger partial charge in [0.15, 0.2) is 0 Å². The molecule has 188 valence electrons. The fourth-order valence-corrected chi connectivity index (χ4v) is 6.51. The van der Waals surface area contributed by atoms with Gasteiger partial charge in [-0.25, -0.2) is 8.42 Å². The Morgan fingerprint density at radius 3 is 2.26 bits per heavy atom. The summed E-state index contributed by atoms with van der Waals surface area (Å²) in [5, 5.41) is 10.6. The van der Waals surface area contributed by atoms with Crippen molar-refractivity contribution in [1.29, 1.82) is 0 Å². The molecule has 3 N–H and O–H groups in total. The molecule has 0 radical (unpaired) electrons. The number of ether oxygens (including phenoxy) is 1. The monoisotopic (exact) mass is 508 g/mol. The van der Waals surface area contributed by atoms with Crippen LogP contribution in [0.2, 0.25) is 0 Å². The van der Waals surface area contributed by atoms with Crippen LogP contribution in [0.15, 0.2) is 41.3 Å². The quantitative estimate of drug-likeness (QED) is 0.636. The number of nitrogens with two attached hydrogens (primary N) is 1. The normalized spacial score (nSPS) is 22.1. The number of sulfonamides is 1. The van der Waals surface area contributed by atoms with Crippen LogP contribution in [-0.2, 0) is 26.6 Å². The van der Waals surface area contributed by atoms with Crippen molar-refractivity contribution in [2.75, 3.05) is 19.6 Å². The Kier molecular flexibility index (Phi) is 8.05. The van der Waals surface area contributed by atoms with Crippen LogP contribution in [0, 0.1) is 12.8 Å². The number of rotatable bonds is 4. The van der Waals surface area contributed by atoms with Crippen molar-refractivity contribution in [3.63, 3.8) is 0 Å². The predicted octanol–water partition coefficient (Wildman–Crippen LogP) is 4.46. The summed E-state index contributed by atoms with van der Waals surface area (Å²) in [7, 11) is -3.52. The number of phenols is 1. The van der Waals surface area contributed by atoms with Gasteiger partial charge in [0.05, 0.1) is 17.1 Å². The van der Waals surface area contributed by atoms with Crippen LogP contribution in [0.25, 0.3) is 0 Å². The molecule has 0 unspecified atom stereocenters. The van der Waals surface area contributed by atoms with E-state index in [0.29, 0.717) is 36.7 Å². The van der Waals surface area contributed by atoms with Crippen LogP contribution >= 0.6 is 12.4 Å². The lowest BCUT2D eigenvalue weighted by atomic mass is 9.83. The summed E-state index contributed by atoms with van der Waals surface area (Å²) in [5.74, 6) is 0.555. The molecule has 0 aromatic heterocycles. The maximum absolute atomic E-state index is 13.2. The zero-order chi connectivity index (χ0) is 24.0. The topological polar surface area (TPSA) is 92.9 Å². The maximum atomic E-state index is 13.2. The highest BCUT2D eigenvalue weighted by Gasteiger charge is 2.37. The average molecular weight is 509 g/mol. The number of hydrogen-bond donors (Lipinski definition) is 2. The molecule has 0 saturated carbocycles. The molecule has 0 spiro atoms. The smallest absolute Gasteiger partial charge is 0.243 e. The maximum Gasteiger partial charge on any atom is 0.243 e. The highest BCUT2D eigenvalue weighted by Crippen LogP contribution is 2.40. The summed E-state index contributed by atoms with van der Waals surface area (Å²) in [6, 6.07) is 11.2. The first-order valence-electron chi connectivity index (χ1n) is 11.8. The minimum absolute atomic E-state index is 0. The van der Waals surface area contributed by atoms with Crippen LogP contribution in [0.1, 0.15) is 62.0 Å². The van der Waals surface area contributed by atoms with Gasteiger partial charge >= 0.3 is 0 Å². The van der Waals surface area contributed by atoms with E-state index in [1.165, 1.54) is 0 Å². The SMILES string of the molecule is Cc1ccc2c(c1O)C[C@@H](C1CCN(S(=O)(=O)c3ccc(C(C)(C)C)cc3)CC1)O[C@H]2CN.Cl. The van der Waals surface area contributed by atoms with Crippen molar-refractivity contribution < 1.29 is 18.3 Å². The van der Waals surface area contributed by atoms with Crippen molar-refractivity contribution in [3.05, 3.63) is 58.7 Å². The molecule has 2 aliphatic rings. The number of halogens is 1. The Labute approximate surface area is 210 Å². The molecule has 4 rings (SSSR count). The second-order valence-corrected chi connectivity index (χ2v) is 12.4. The standard InChI is InChI=1S/C26H36N2O4S.ClH/c1-17-5-10-21-22(25(17)29)15-23(32-24(21)16-27)18-11-13-28(14-12-18)33(30,31)20-8-6-19(7-9-20)26(2,3)4;/h5-10,18,23-24,29H,11-16,27H2,1-4H3;1H/t23-,24-;/m0./s1. The van der Waals surface area contributed by atoms with Gasteiger partial charge in [0.2, 0.25) is 10.0 Å². The van der Waals surface area contributed by atoms with Gasteiger partial charge in [-0.15, -0.1) is 12.4 Å². The zero-order valence-corrected chi connectivity index (χ0v) is 22.1. The third-order valence-electron chi connectivity index (χ3n) is 7.21. The molecule has 1 saturated heterocycles. The molecule has 2 aliphatic heterocycles. The largest absolute Gasteiger partial charge is 0.507 e. The van der Waals surface area contributed by atoms with E-state index in [1.807, 2.05) is 31.2 Å². The van der Waals surface area contributed by atoms with E-state index < -0.39 is 10.0 Å². The summed E-state index contributed by atoms with van der Waals surface area (Å²) in [5.41, 5.74) is 9.82. The number of hydrogen-bond acceptors (Lipinski definition) is 5. The Balaban J connectivity index is 0.00000324. The van der Waals surface area contributed by atoms with E-state index in [0.717, 1.165) is 35.1 Å². The van der Waals surface area contributed by atoms with Gasteiger partial charge in [-0.05, 0) is 59.9 Å². The van der Waals surface area contributed by atoms with Gasteiger partial charge in [0.25, 0.3) is 0 Å². The molecule has 6 nitrogen and oxygen atoms in total. The Bertz CT molecular complexity index is 1100. The Hall–Kier alpha value is -1.64. The lowest BCUT2D eigenvalue weighted by Gasteiger charge is -2.40. The van der Waals surface area contributed by atoms with Crippen molar-refractivity contribution in [1.82, 2.24) is 4.31 Å². The van der Waals surface area contributed by atoms with Gasteiger partial charge in [-0.3, -0.25) is 0 Å². The van der Waals surface area contributed by atoms with Gasteiger partial charge in [-0.2, -0.15) is 4.31 Å². The summed E-state index contributed by atoms with van der Waals surface area (Å²) in [4.78, 5) is 0.348. The molecule has 2 aromatic rings. The first-order chi connectivity index (χ1) is 15.5. The molecule has 1 fully saturated rings. The second-order valence-electron chi connectivity index (χ2n) is 10.4. The molecule has 34 heavy (non-hydrogen) atoms. The first-order valence-corrected chi connectivity index (χ1v) is 13.2. The third kappa shape index (κ3) is 5.14. The van der Waals surface area contributed by atoms with Crippen LogP contribution < -0.4 is 5.73 Å². The van der Waals surface area contributed by atoms with Crippen molar-refractivity contribution in [2.24, 2.45) is 11.7 Å². The van der Waals surface area contributed by atoms with Crippen molar-refractivity contribution in [2.45, 2.75) is 69.5 Å². The fraction of sp³-hybridized carbons (Fsp3) is 0.538. The minimum atomic E-state index is -3.52. The molecular weight excluding hydrogens is 472 g/mol. The van der Waals surface area contributed by atoms with E-state index in [-0.39, 0.29) is 35.9 Å². The lowest BCUT2D eigenvalue weighted by Crippen LogP contribution is -2.44. The average Bonchev–Trinajstić information content (AvgIpc) is 2.80. The molecule has 0 aliphatic carbocycles. The van der Waals surface area contributed by atoms with Crippen molar-refractivity contribution in [3.8, 4) is 5.75 Å². The Morgan fingerprint density at radius 2 is 1.71 bits per heavy atom. The van der Waals surface area contributed by atoms with E-state index >= 15 is 0 Å². The van der Waals surface area contributed by atoms with E-state index in [2.05, 4.69) is 20.8 Å². The molecular formula is C26H37ClN2O4S. The summed E-state index contributed by atoms with van der Waals surface area (Å²) in [6.45, 7) is 9.52. The fourth-order valence-electron chi connectivity index (χ4n) is 5.04. The molecule has 2 aromatic carbocycles. The highest BCUT2D eigenvalue weighted by molar-refractivity contribution is 7.89. The number of piperidine rings is 1. The molecule has 0 amide bonds. The number of benzene rings is 2. The van der Waals surface area contributed by atoms with Crippen LogP contribution in [-0.4, -0.2) is 43.6 Å². The minimum Gasteiger partial charge on any atom is -0.507 e. The number of aryl methyl sites for hydroxylation is 1. The van der Waals surface area contributed by atoms with Crippen molar-refractivity contribution >= 4 is 22.4 Å². The van der Waals surface area contributed by atoms with Gasteiger partial charge in [-0.1, -0.05) is 45.0 Å². The second kappa shape index (κ2) is 10.2. The van der Waals surface area contributed by atoms with Gasteiger partial charge < -0.3 is 15.6 Å². The molecule has 2 heterocycles. The third-order valence-corrected chi connectivity index (χ3v) is 9.12. The Morgan fingerprint density at radius 1 is 1.09 bits per heavy atom. The predicted molar refractivity (Wildman–Crippen MR) is 137 cm³/mol. The van der Waals surface area contributed by atoms with Crippen LogP contribution in [0.3, 0.4) is 0 Å². The zero-order valence-electron chi connectivity index (χ0n) is 20.5.